The van der Waals surface area contributed by atoms with Gasteiger partial charge in [0.25, 0.3) is 0 Å². The minimum atomic E-state index is -4.58. The lowest BCUT2D eigenvalue weighted by Crippen LogP contribution is -2.53. The molecule has 2 saturated carbocycles. The van der Waals surface area contributed by atoms with Crippen molar-refractivity contribution in [2.75, 3.05) is 6.54 Å². The maximum absolute atomic E-state index is 13.2. The summed E-state index contributed by atoms with van der Waals surface area (Å²) in [5.41, 5.74) is -3.19. The predicted octanol–water partition coefficient (Wildman–Crippen LogP) is 1.74. The highest BCUT2D eigenvalue weighted by Crippen LogP contribution is 2.59. The van der Waals surface area contributed by atoms with Crippen LogP contribution >= 0.6 is 0 Å². The first-order valence-corrected chi connectivity index (χ1v) is 7.75. The zero-order valence-corrected chi connectivity index (χ0v) is 12.7. The van der Waals surface area contributed by atoms with Crippen molar-refractivity contribution in [2.24, 2.45) is 11.3 Å². The van der Waals surface area contributed by atoms with Crippen molar-refractivity contribution in [1.82, 2.24) is 10.2 Å². The summed E-state index contributed by atoms with van der Waals surface area (Å²) in [6.07, 6.45) is -3.60. The molecule has 5 nitrogen and oxygen atoms in total. The Hall–Kier alpha value is -1.78. The van der Waals surface area contributed by atoms with Gasteiger partial charge in [-0.25, -0.2) is 0 Å². The van der Waals surface area contributed by atoms with Gasteiger partial charge >= 0.3 is 6.18 Å². The second-order valence-corrected chi connectivity index (χ2v) is 7.08. The van der Waals surface area contributed by atoms with Gasteiger partial charge in [-0.1, -0.05) is 6.92 Å². The van der Waals surface area contributed by atoms with Crippen LogP contribution in [0.5, 0.6) is 0 Å². The van der Waals surface area contributed by atoms with Crippen molar-refractivity contribution in [3.8, 4) is 6.07 Å². The summed E-state index contributed by atoms with van der Waals surface area (Å²) >= 11 is 0. The van der Waals surface area contributed by atoms with E-state index in [-0.39, 0.29) is 25.3 Å². The van der Waals surface area contributed by atoms with E-state index in [1.807, 2.05) is 6.07 Å². The number of nitrogens with one attached hydrogen (secondary N) is 1. The Kier molecular flexibility index (Phi) is 3.40. The van der Waals surface area contributed by atoms with E-state index in [1.165, 1.54) is 0 Å². The fourth-order valence-electron chi connectivity index (χ4n) is 3.25. The predicted molar refractivity (Wildman–Crippen MR) is 72.7 cm³/mol. The molecular formula is C15H18F3N3O2. The number of nitriles is 1. The SMILES string of the molecule is C[C@@H]1C[C@@H](C(=O)NC2(C#N)CC2)N(C(=O)C2(C(F)(F)F)CC2)C1. The van der Waals surface area contributed by atoms with Gasteiger partial charge in [-0.15, -0.1) is 0 Å². The first-order chi connectivity index (χ1) is 10.6. The third-order valence-electron chi connectivity index (χ3n) is 5.10. The van der Waals surface area contributed by atoms with Crippen molar-refractivity contribution >= 4 is 11.8 Å². The van der Waals surface area contributed by atoms with Crippen LogP contribution in [0.25, 0.3) is 0 Å². The summed E-state index contributed by atoms with van der Waals surface area (Å²) in [5, 5.41) is 11.6. The van der Waals surface area contributed by atoms with E-state index >= 15 is 0 Å². The Morgan fingerprint density at radius 1 is 1.26 bits per heavy atom. The average Bonchev–Trinajstić information content (AvgIpc) is 3.36. The summed E-state index contributed by atoms with van der Waals surface area (Å²) in [5.74, 6) is -1.55. The Morgan fingerprint density at radius 3 is 2.30 bits per heavy atom. The van der Waals surface area contributed by atoms with Crippen LogP contribution in [0.3, 0.4) is 0 Å². The number of nitrogens with zero attached hydrogens (tertiary/aromatic N) is 2. The molecular weight excluding hydrogens is 311 g/mol. The van der Waals surface area contributed by atoms with Crippen molar-refractivity contribution in [3.63, 3.8) is 0 Å². The average molecular weight is 329 g/mol. The molecule has 2 aliphatic carbocycles. The van der Waals surface area contributed by atoms with Gasteiger partial charge in [0, 0.05) is 6.54 Å². The molecule has 0 aromatic heterocycles. The summed E-state index contributed by atoms with van der Waals surface area (Å²) in [6, 6.07) is 1.10. The molecule has 1 N–H and O–H groups in total. The van der Waals surface area contributed by atoms with Crippen LogP contribution in [0.2, 0.25) is 0 Å². The summed E-state index contributed by atoms with van der Waals surface area (Å²) in [6.45, 7) is 1.95. The van der Waals surface area contributed by atoms with E-state index in [2.05, 4.69) is 5.32 Å². The van der Waals surface area contributed by atoms with Gasteiger partial charge in [-0.05, 0) is 38.0 Å². The lowest BCUT2D eigenvalue weighted by atomic mass is 10.0. The van der Waals surface area contributed by atoms with Crippen LogP contribution in [0.15, 0.2) is 0 Å². The Labute approximate surface area is 131 Å². The second kappa shape index (κ2) is 4.86. The number of carbonyl (C=O) groups is 2. The quantitative estimate of drug-likeness (QED) is 0.857. The van der Waals surface area contributed by atoms with Crippen molar-refractivity contribution in [3.05, 3.63) is 0 Å². The number of alkyl halides is 3. The first-order valence-electron chi connectivity index (χ1n) is 7.75. The minimum Gasteiger partial charge on any atom is -0.336 e. The highest BCUT2D eigenvalue weighted by Gasteiger charge is 2.70. The normalized spacial score (nSPS) is 30.5. The van der Waals surface area contributed by atoms with Crippen molar-refractivity contribution in [2.45, 2.75) is 56.8 Å². The highest BCUT2D eigenvalue weighted by molar-refractivity contribution is 5.93. The van der Waals surface area contributed by atoms with E-state index < -0.39 is 35.0 Å². The van der Waals surface area contributed by atoms with Crippen LogP contribution in [0.1, 0.15) is 39.0 Å². The molecule has 2 amide bonds. The number of halogens is 3. The number of hydrogen-bond acceptors (Lipinski definition) is 3. The molecule has 0 aromatic carbocycles. The molecule has 3 aliphatic rings. The van der Waals surface area contributed by atoms with E-state index in [4.69, 9.17) is 5.26 Å². The molecule has 3 fully saturated rings. The summed E-state index contributed by atoms with van der Waals surface area (Å²) in [4.78, 5) is 25.9. The van der Waals surface area contributed by atoms with E-state index in [0.29, 0.717) is 19.3 Å². The van der Waals surface area contributed by atoms with Gasteiger partial charge in [0.15, 0.2) is 0 Å². The molecule has 23 heavy (non-hydrogen) atoms. The lowest BCUT2D eigenvalue weighted by Gasteiger charge is -2.29. The van der Waals surface area contributed by atoms with Gasteiger partial charge in [0.1, 0.15) is 17.0 Å². The van der Waals surface area contributed by atoms with Gasteiger partial charge < -0.3 is 10.2 Å². The minimum absolute atomic E-state index is 0.0454. The third kappa shape index (κ3) is 2.56. The fourth-order valence-corrected chi connectivity index (χ4v) is 3.25. The van der Waals surface area contributed by atoms with Gasteiger partial charge in [0.2, 0.25) is 11.8 Å². The van der Waals surface area contributed by atoms with E-state index in [0.717, 1.165) is 4.90 Å². The second-order valence-electron chi connectivity index (χ2n) is 7.08. The van der Waals surface area contributed by atoms with Crippen LogP contribution in [0, 0.1) is 22.7 Å². The maximum Gasteiger partial charge on any atom is 0.403 e. The molecule has 126 valence electrons. The topological polar surface area (TPSA) is 73.2 Å². The molecule has 1 heterocycles. The molecule has 0 radical (unpaired) electrons. The van der Waals surface area contributed by atoms with Crippen LogP contribution in [-0.2, 0) is 9.59 Å². The van der Waals surface area contributed by atoms with Gasteiger partial charge in [-0.3, -0.25) is 9.59 Å². The summed E-state index contributed by atoms with van der Waals surface area (Å²) < 4.78 is 39.5. The Morgan fingerprint density at radius 2 is 1.87 bits per heavy atom. The fraction of sp³-hybridized carbons (Fsp3) is 0.800. The van der Waals surface area contributed by atoms with E-state index in [1.54, 1.807) is 6.92 Å². The first kappa shape index (κ1) is 16.1. The molecule has 0 bridgehead atoms. The molecule has 3 rings (SSSR count). The zero-order chi connectivity index (χ0) is 17.0. The molecule has 1 aliphatic heterocycles. The Bertz CT molecular complexity index is 588. The molecule has 1 saturated heterocycles. The third-order valence-corrected chi connectivity index (χ3v) is 5.10. The number of likely N-dealkylation sites (tertiary alicyclic amines) is 1. The van der Waals surface area contributed by atoms with E-state index in [9.17, 15) is 22.8 Å². The standard InChI is InChI=1S/C15H18F3N3O2/c1-9-6-10(11(22)20-13(8-19)2-3-13)21(7-9)12(23)14(4-5-14)15(16,17)18/h9-10H,2-7H2,1H3,(H,20,22)/t9-,10+/m1/s1. The van der Waals surface area contributed by atoms with Gasteiger partial charge in [0.05, 0.1) is 6.07 Å². The molecule has 0 unspecified atom stereocenters. The molecule has 0 aromatic rings. The van der Waals surface area contributed by atoms with Crippen molar-refractivity contribution < 1.29 is 22.8 Å². The molecule has 2 atom stereocenters. The summed E-state index contributed by atoms with van der Waals surface area (Å²) in [7, 11) is 0. The van der Waals surface area contributed by atoms with Crippen LogP contribution in [0.4, 0.5) is 13.2 Å². The van der Waals surface area contributed by atoms with Gasteiger partial charge in [-0.2, -0.15) is 18.4 Å². The molecule has 8 heteroatoms. The lowest BCUT2D eigenvalue weighted by molar-refractivity contribution is -0.199. The van der Waals surface area contributed by atoms with Crippen LogP contribution in [-0.4, -0.2) is 41.0 Å². The largest absolute Gasteiger partial charge is 0.403 e. The molecule has 0 spiro atoms. The smallest absolute Gasteiger partial charge is 0.336 e. The monoisotopic (exact) mass is 329 g/mol. The Balaban J connectivity index is 1.77. The number of rotatable bonds is 3. The van der Waals surface area contributed by atoms with Crippen molar-refractivity contribution in [1.29, 1.82) is 5.26 Å². The van der Waals surface area contributed by atoms with Crippen LogP contribution < -0.4 is 5.32 Å². The number of carbonyl (C=O) groups excluding carboxylic acids is 2. The number of amides is 2. The highest BCUT2D eigenvalue weighted by atomic mass is 19.4. The maximum atomic E-state index is 13.2. The zero-order valence-electron chi connectivity index (χ0n) is 12.7. The number of hydrogen-bond donors (Lipinski definition) is 1.